The molecule has 0 radical (unpaired) electrons. The molecule has 82 valence electrons. The van der Waals surface area contributed by atoms with Gasteiger partial charge in [-0.1, -0.05) is 22.0 Å². The average molecular weight is 288 g/mol. The summed E-state index contributed by atoms with van der Waals surface area (Å²) in [7, 11) is -0.900. The standard InChI is InChI=1S/C11H14BrNOS/c12-8-2-1-3-10(6-8)15(14)11-5-4-9(13)7-11/h1-3,6,9,11H,4-5,7,13H2. The van der Waals surface area contributed by atoms with Gasteiger partial charge < -0.3 is 5.73 Å². The summed E-state index contributed by atoms with van der Waals surface area (Å²) >= 11 is 3.39. The van der Waals surface area contributed by atoms with E-state index < -0.39 is 10.8 Å². The van der Waals surface area contributed by atoms with Gasteiger partial charge in [0, 0.05) is 20.7 Å². The van der Waals surface area contributed by atoms with Crippen molar-refractivity contribution < 1.29 is 4.21 Å². The van der Waals surface area contributed by atoms with Gasteiger partial charge in [0.2, 0.25) is 0 Å². The largest absolute Gasteiger partial charge is 0.328 e. The Morgan fingerprint density at radius 1 is 1.40 bits per heavy atom. The van der Waals surface area contributed by atoms with E-state index in [1.54, 1.807) is 0 Å². The van der Waals surface area contributed by atoms with Crippen molar-refractivity contribution in [1.29, 1.82) is 0 Å². The fourth-order valence-electron chi connectivity index (χ4n) is 1.95. The van der Waals surface area contributed by atoms with Crippen LogP contribution in [-0.2, 0) is 10.8 Å². The number of hydrogen-bond acceptors (Lipinski definition) is 2. The molecule has 1 fully saturated rings. The summed E-state index contributed by atoms with van der Waals surface area (Å²) in [5.74, 6) is 0. The first kappa shape index (κ1) is 11.3. The number of nitrogens with two attached hydrogens (primary N) is 1. The molecule has 0 amide bonds. The van der Waals surface area contributed by atoms with Crippen LogP contribution in [0, 0.1) is 0 Å². The summed E-state index contributed by atoms with van der Waals surface area (Å²) in [6.45, 7) is 0. The van der Waals surface area contributed by atoms with Crippen molar-refractivity contribution in [3.05, 3.63) is 28.7 Å². The fraction of sp³-hybridized carbons (Fsp3) is 0.455. The number of hydrogen-bond donors (Lipinski definition) is 1. The molecule has 1 aromatic rings. The van der Waals surface area contributed by atoms with Gasteiger partial charge in [0.25, 0.3) is 0 Å². The molecule has 2 N–H and O–H groups in total. The highest BCUT2D eigenvalue weighted by Crippen LogP contribution is 2.27. The van der Waals surface area contributed by atoms with E-state index >= 15 is 0 Å². The Morgan fingerprint density at radius 3 is 2.80 bits per heavy atom. The number of halogens is 1. The van der Waals surface area contributed by atoms with E-state index in [0.29, 0.717) is 0 Å². The molecule has 3 unspecified atom stereocenters. The summed E-state index contributed by atoms with van der Waals surface area (Å²) in [5.41, 5.74) is 5.83. The van der Waals surface area contributed by atoms with Gasteiger partial charge in [-0.25, -0.2) is 0 Å². The SMILES string of the molecule is NC1CCC(S(=O)c2cccc(Br)c2)C1. The van der Waals surface area contributed by atoms with Gasteiger partial charge in [-0.15, -0.1) is 0 Å². The Bertz CT molecular complexity index is 383. The first-order valence-electron chi connectivity index (χ1n) is 5.08. The van der Waals surface area contributed by atoms with Crippen LogP contribution in [0.5, 0.6) is 0 Å². The maximum atomic E-state index is 12.2. The lowest BCUT2D eigenvalue weighted by atomic mass is 10.3. The monoisotopic (exact) mass is 287 g/mol. The third-order valence-corrected chi connectivity index (χ3v) is 5.00. The second kappa shape index (κ2) is 4.76. The number of benzene rings is 1. The molecule has 1 saturated carbocycles. The van der Waals surface area contributed by atoms with Gasteiger partial charge in [-0.05, 0) is 37.5 Å². The molecule has 2 nitrogen and oxygen atoms in total. The van der Waals surface area contributed by atoms with Gasteiger partial charge in [0.1, 0.15) is 0 Å². The van der Waals surface area contributed by atoms with Crippen molar-refractivity contribution in [2.75, 3.05) is 0 Å². The van der Waals surface area contributed by atoms with E-state index in [1.807, 2.05) is 24.3 Å². The van der Waals surface area contributed by atoms with Gasteiger partial charge in [0.15, 0.2) is 0 Å². The van der Waals surface area contributed by atoms with Gasteiger partial charge >= 0.3 is 0 Å². The Kier molecular flexibility index (Phi) is 3.59. The molecule has 15 heavy (non-hydrogen) atoms. The smallest absolute Gasteiger partial charge is 0.0561 e. The van der Waals surface area contributed by atoms with Crippen molar-refractivity contribution in [3.63, 3.8) is 0 Å². The Morgan fingerprint density at radius 2 is 2.20 bits per heavy atom. The molecule has 3 atom stereocenters. The minimum absolute atomic E-state index is 0.242. The van der Waals surface area contributed by atoms with Crippen LogP contribution >= 0.6 is 15.9 Å². The van der Waals surface area contributed by atoms with Crippen LogP contribution in [0.15, 0.2) is 33.6 Å². The fourth-order valence-corrected chi connectivity index (χ4v) is 4.12. The Balaban J connectivity index is 2.14. The lowest BCUT2D eigenvalue weighted by molar-refractivity contribution is 0.664. The molecule has 1 aromatic carbocycles. The minimum Gasteiger partial charge on any atom is -0.328 e. The molecule has 0 saturated heterocycles. The molecule has 0 spiro atoms. The van der Waals surface area contributed by atoms with E-state index in [-0.39, 0.29) is 11.3 Å². The third-order valence-electron chi connectivity index (χ3n) is 2.76. The van der Waals surface area contributed by atoms with Crippen LogP contribution in [-0.4, -0.2) is 15.5 Å². The molecular weight excluding hydrogens is 274 g/mol. The van der Waals surface area contributed by atoms with Gasteiger partial charge in [0.05, 0.1) is 10.8 Å². The van der Waals surface area contributed by atoms with E-state index in [4.69, 9.17) is 5.73 Å². The molecule has 1 aliphatic carbocycles. The van der Waals surface area contributed by atoms with E-state index in [1.165, 1.54) is 0 Å². The van der Waals surface area contributed by atoms with Crippen molar-refractivity contribution in [1.82, 2.24) is 0 Å². The number of rotatable bonds is 2. The highest BCUT2D eigenvalue weighted by atomic mass is 79.9. The zero-order valence-electron chi connectivity index (χ0n) is 8.36. The van der Waals surface area contributed by atoms with Crippen molar-refractivity contribution >= 4 is 26.7 Å². The Labute approximate surface area is 101 Å². The van der Waals surface area contributed by atoms with Crippen LogP contribution in [0.2, 0.25) is 0 Å². The molecular formula is C11H14BrNOS. The predicted octanol–water partition coefficient (Wildman–Crippen LogP) is 2.44. The second-order valence-corrected chi connectivity index (χ2v) is 6.60. The zero-order valence-corrected chi connectivity index (χ0v) is 10.8. The Hall–Kier alpha value is -0.190. The maximum absolute atomic E-state index is 12.2. The van der Waals surface area contributed by atoms with Crippen molar-refractivity contribution in [2.24, 2.45) is 5.73 Å². The summed E-state index contributed by atoms with van der Waals surface area (Å²) < 4.78 is 13.2. The van der Waals surface area contributed by atoms with Crippen LogP contribution in [0.25, 0.3) is 0 Å². The first-order valence-corrected chi connectivity index (χ1v) is 7.09. The lowest BCUT2D eigenvalue weighted by Gasteiger charge is -2.09. The quantitative estimate of drug-likeness (QED) is 0.908. The first-order chi connectivity index (χ1) is 7.16. The highest BCUT2D eigenvalue weighted by Gasteiger charge is 2.27. The summed E-state index contributed by atoms with van der Waals surface area (Å²) in [5, 5.41) is 0.245. The summed E-state index contributed by atoms with van der Waals surface area (Å²) in [4.78, 5) is 0.906. The van der Waals surface area contributed by atoms with E-state index in [2.05, 4.69) is 15.9 Å². The van der Waals surface area contributed by atoms with Crippen LogP contribution < -0.4 is 5.73 Å². The molecule has 0 aromatic heterocycles. The minimum atomic E-state index is -0.900. The summed E-state index contributed by atoms with van der Waals surface area (Å²) in [6, 6.07) is 7.96. The molecule has 0 aliphatic heterocycles. The lowest BCUT2D eigenvalue weighted by Crippen LogP contribution is -2.18. The van der Waals surface area contributed by atoms with Crippen molar-refractivity contribution in [3.8, 4) is 0 Å². The molecule has 2 rings (SSSR count). The van der Waals surface area contributed by atoms with Gasteiger partial charge in [-0.3, -0.25) is 4.21 Å². The second-order valence-electron chi connectivity index (χ2n) is 3.95. The van der Waals surface area contributed by atoms with Crippen LogP contribution in [0.3, 0.4) is 0 Å². The predicted molar refractivity (Wildman–Crippen MR) is 66.2 cm³/mol. The van der Waals surface area contributed by atoms with Crippen LogP contribution in [0.4, 0.5) is 0 Å². The van der Waals surface area contributed by atoms with E-state index in [9.17, 15) is 4.21 Å². The van der Waals surface area contributed by atoms with Crippen molar-refractivity contribution in [2.45, 2.75) is 35.4 Å². The molecule has 0 bridgehead atoms. The third kappa shape index (κ3) is 2.68. The zero-order chi connectivity index (χ0) is 10.8. The molecule has 4 heteroatoms. The maximum Gasteiger partial charge on any atom is 0.0561 e. The summed E-state index contributed by atoms with van der Waals surface area (Å²) in [6.07, 6.45) is 2.88. The van der Waals surface area contributed by atoms with Gasteiger partial charge in [-0.2, -0.15) is 0 Å². The highest BCUT2D eigenvalue weighted by molar-refractivity contribution is 9.10. The topological polar surface area (TPSA) is 43.1 Å². The molecule has 0 heterocycles. The molecule has 1 aliphatic rings. The average Bonchev–Trinajstić information content (AvgIpc) is 2.64. The normalized spacial score (nSPS) is 27.9. The van der Waals surface area contributed by atoms with E-state index in [0.717, 1.165) is 28.6 Å². The van der Waals surface area contributed by atoms with Crippen LogP contribution in [0.1, 0.15) is 19.3 Å².